The summed E-state index contributed by atoms with van der Waals surface area (Å²) in [5, 5.41) is 11.8. The highest BCUT2D eigenvalue weighted by Crippen LogP contribution is 2.12. The van der Waals surface area contributed by atoms with E-state index in [0.29, 0.717) is 13.2 Å². The van der Waals surface area contributed by atoms with Gasteiger partial charge in [-0.25, -0.2) is 4.98 Å². The van der Waals surface area contributed by atoms with Crippen LogP contribution in [0.2, 0.25) is 0 Å². The van der Waals surface area contributed by atoms with Crippen molar-refractivity contribution in [1.29, 1.82) is 0 Å². The molecule has 2 N–H and O–H groups in total. The number of hydrogen-bond donors (Lipinski definition) is 2. The van der Waals surface area contributed by atoms with Crippen LogP contribution in [0.3, 0.4) is 0 Å². The number of nitrogens with one attached hydrogen (secondary N) is 1. The third kappa shape index (κ3) is 5.01. The van der Waals surface area contributed by atoms with Crippen LogP contribution in [0.25, 0.3) is 0 Å². The predicted octanol–water partition coefficient (Wildman–Crippen LogP) is 0.958. The Labute approximate surface area is 102 Å². The number of ether oxygens (including phenoxy) is 1. The van der Waals surface area contributed by atoms with E-state index < -0.39 is 0 Å². The molecule has 5 heteroatoms. The zero-order chi connectivity index (χ0) is 12.5. The molecule has 0 saturated carbocycles. The van der Waals surface area contributed by atoms with Crippen LogP contribution >= 0.6 is 0 Å². The summed E-state index contributed by atoms with van der Waals surface area (Å²) in [6.07, 6.45) is 0. The Balaban J connectivity index is 2.44. The summed E-state index contributed by atoms with van der Waals surface area (Å²) in [6.45, 7) is 4.70. The summed E-state index contributed by atoms with van der Waals surface area (Å²) < 4.78 is 5.22. The highest BCUT2D eigenvalue weighted by atomic mass is 16.5. The van der Waals surface area contributed by atoms with Gasteiger partial charge in [-0.05, 0) is 19.1 Å². The second-order valence-corrected chi connectivity index (χ2v) is 3.67. The van der Waals surface area contributed by atoms with Gasteiger partial charge in [0.05, 0.1) is 19.8 Å². The van der Waals surface area contributed by atoms with Crippen molar-refractivity contribution in [3.63, 3.8) is 0 Å². The average molecular weight is 239 g/mol. The lowest BCUT2D eigenvalue weighted by Crippen LogP contribution is -2.24. The number of hydrogen-bond acceptors (Lipinski definition) is 5. The third-order valence-corrected chi connectivity index (χ3v) is 2.29. The lowest BCUT2D eigenvalue weighted by molar-refractivity contribution is 0.0970. The third-order valence-electron chi connectivity index (χ3n) is 2.29. The topological polar surface area (TPSA) is 57.6 Å². The summed E-state index contributed by atoms with van der Waals surface area (Å²) in [5.41, 5.74) is 0. The first-order valence-corrected chi connectivity index (χ1v) is 5.88. The zero-order valence-corrected chi connectivity index (χ0v) is 10.5. The Morgan fingerprint density at radius 1 is 1.41 bits per heavy atom. The molecule has 0 spiro atoms. The van der Waals surface area contributed by atoms with Crippen molar-refractivity contribution in [3.8, 4) is 0 Å². The number of aliphatic hydroxyl groups excluding tert-OH is 1. The van der Waals surface area contributed by atoms with Crippen LogP contribution in [-0.4, -0.2) is 50.0 Å². The fraction of sp³-hybridized carbons (Fsp3) is 0.583. The molecule has 0 atom stereocenters. The van der Waals surface area contributed by atoms with Gasteiger partial charge in [0.1, 0.15) is 11.6 Å². The smallest absolute Gasteiger partial charge is 0.130 e. The molecule has 5 nitrogen and oxygen atoms in total. The van der Waals surface area contributed by atoms with Gasteiger partial charge in [0.15, 0.2) is 0 Å². The van der Waals surface area contributed by atoms with Crippen LogP contribution in [0.4, 0.5) is 11.6 Å². The van der Waals surface area contributed by atoms with Gasteiger partial charge in [-0.15, -0.1) is 0 Å². The Morgan fingerprint density at radius 3 is 2.94 bits per heavy atom. The van der Waals surface area contributed by atoms with Crippen LogP contribution in [0.15, 0.2) is 18.2 Å². The van der Waals surface area contributed by atoms with Gasteiger partial charge in [0, 0.05) is 20.1 Å². The molecule has 0 aliphatic carbocycles. The lowest BCUT2D eigenvalue weighted by atomic mass is 10.4. The van der Waals surface area contributed by atoms with E-state index in [9.17, 15) is 0 Å². The first-order chi connectivity index (χ1) is 8.27. The number of pyridine rings is 1. The second kappa shape index (κ2) is 7.86. The van der Waals surface area contributed by atoms with Crippen molar-refractivity contribution in [3.05, 3.63) is 18.2 Å². The molecule has 0 radical (unpaired) electrons. The first kappa shape index (κ1) is 13.7. The highest BCUT2D eigenvalue weighted by Gasteiger charge is 2.02. The molecule has 0 aliphatic rings. The molecule has 0 bridgehead atoms. The van der Waals surface area contributed by atoms with Gasteiger partial charge < -0.3 is 20.1 Å². The molecule has 1 aromatic heterocycles. The maximum absolute atomic E-state index is 8.58. The fourth-order valence-electron chi connectivity index (χ4n) is 1.40. The van der Waals surface area contributed by atoms with E-state index in [1.165, 1.54) is 0 Å². The minimum atomic E-state index is 0.0673. The summed E-state index contributed by atoms with van der Waals surface area (Å²) in [6, 6.07) is 5.89. The Kier molecular flexibility index (Phi) is 6.35. The van der Waals surface area contributed by atoms with Gasteiger partial charge in [-0.3, -0.25) is 0 Å². The SMILES string of the molecule is CCNc1cccc(N(C)CCOCCO)n1. The average Bonchev–Trinajstić information content (AvgIpc) is 2.35. The molecule has 1 aromatic rings. The fourth-order valence-corrected chi connectivity index (χ4v) is 1.40. The summed E-state index contributed by atoms with van der Waals surface area (Å²) in [7, 11) is 1.97. The van der Waals surface area contributed by atoms with Gasteiger partial charge >= 0.3 is 0 Å². The molecule has 0 amide bonds. The van der Waals surface area contributed by atoms with Crippen molar-refractivity contribution >= 4 is 11.6 Å². The van der Waals surface area contributed by atoms with Gasteiger partial charge in [-0.2, -0.15) is 0 Å². The normalized spacial score (nSPS) is 10.3. The second-order valence-electron chi connectivity index (χ2n) is 3.67. The van der Waals surface area contributed by atoms with Gasteiger partial charge in [0.2, 0.25) is 0 Å². The number of nitrogens with zero attached hydrogens (tertiary/aromatic N) is 2. The number of aromatic nitrogens is 1. The minimum absolute atomic E-state index is 0.0673. The number of aliphatic hydroxyl groups is 1. The molecule has 0 fully saturated rings. The standard InChI is InChI=1S/C12H21N3O2/c1-3-13-11-5-4-6-12(14-11)15(2)7-9-17-10-8-16/h4-6,16H,3,7-10H2,1-2H3,(H,13,14). The lowest BCUT2D eigenvalue weighted by Gasteiger charge is -2.18. The molecular weight excluding hydrogens is 218 g/mol. The van der Waals surface area contributed by atoms with Crippen molar-refractivity contribution in [2.24, 2.45) is 0 Å². The maximum Gasteiger partial charge on any atom is 0.130 e. The molecule has 1 rings (SSSR count). The molecule has 0 aliphatic heterocycles. The van der Waals surface area contributed by atoms with Crippen molar-refractivity contribution in [2.75, 3.05) is 50.2 Å². The largest absolute Gasteiger partial charge is 0.394 e. The van der Waals surface area contributed by atoms with E-state index in [1.807, 2.05) is 37.1 Å². The van der Waals surface area contributed by atoms with Crippen molar-refractivity contribution in [2.45, 2.75) is 6.92 Å². The molecule has 0 unspecified atom stereocenters. The summed E-state index contributed by atoms with van der Waals surface area (Å²) in [5.74, 6) is 1.80. The monoisotopic (exact) mass is 239 g/mol. The Hall–Kier alpha value is -1.33. The van der Waals surface area contributed by atoms with Crippen LogP contribution in [0.1, 0.15) is 6.92 Å². The number of rotatable bonds is 8. The van der Waals surface area contributed by atoms with Gasteiger partial charge in [0.25, 0.3) is 0 Å². The quantitative estimate of drug-likeness (QED) is 0.662. The summed E-state index contributed by atoms with van der Waals surface area (Å²) >= 11 is 0. The number of anilines is 2. The molecule has 96 valence electrons. The Morgan fingerprint density at radius 2 is 2.24 bits per heavy atom. The molecule has 17 heavy (non-hydrogen) atoms. The molecule has 0 saturated heterocycles. The van der Waals surface area contributed by atoms with Crippen LogP contribution in [0, 0.1) is 0 Å². The van der Waals surface area contributed by atoms with Gasteiger partial charge in [-0.1, -0.05) is 6.07 Å². The molecular formula is C12H21N3O2. The van der Waals surface area contributed by atoms with E-state index in [4.69, 9.17) is 9.84 Å². The minimum Gasteiger partial charge on any atom is -0.394 e. The van der Waals surface area contributed by atoms with Crippen LogP contribution in [-0.2, 0) is 4.74 Å². The van der Waals surface area contributed by atoms with E-state index in [1.54, 1.807) is 0 Å². The summed E-state index contributed by atoms with van der Waals surface area (Å²) in [4.78, 5) is 6.50. The van der Waals surface area contributed by atoms with E-state index in [-0.39, 0.29) is 6.61 Å². The van der Waals surface area contributed by atoms with Crippen molar-refractivity contribution in [1.82, 2.24) is 4.98 Å². The van der Waals surface area contributed by atoms with Crippen molar-refractivity contribution < 1.29 is 9.84 Å². The molecule has 1 heterocycles. The predicted molar refractivity (Wildman–Crippen MR) is 69.6 cm³/mol. The van der Waals surface area contributed by atoms with E-state index in [0.717, 1.165) is 24.7 Å². The first-order valence-electron chi connectivity index (χ1n) is 5.88. The van der Waals surface area contributed by atoms with E-state index >= 15 is 0 Å². The number of likely N-dealkylation sites (N-methyl/N-ethyl adjacent to an activating group) is 1. The molecule has 0 aromatic carbocycles. The zero-order valence-electron chi connectivity index (χ0n) is 10.5. The Bertz CT molecular complexity index is 320. The van der Waals surface area contributed by atoms with E-state index in [2.05, 4.69) is 10.3 Å². The maximum atomic E-state index is 8.58. The van der Waals surface area contributed by atoms with Crippen LogP contribution in [0.5, 0.6) is 0 Å². The van der Waals surface area contributed by atoms with Crippen LogP contribution < -0.4 is 10.2 Å². The highest BCUT2D eigenvalue weighted by molar-refractivity contribution is 5.46.